The molecule has 0 aliphatic rings. The number of carbonyl (C=O) groups is 1. The molecule has 1 aromatic rings. The van der Waals surface area contributed by atoms with E-state index in [0.29, 0.717) is 5.82 Å². The summed E-state index contributed by atoms with van der Waals surface area (Å²) < 4.78 is 5.55. The number of hydrogen-bond acceptors (Lipinski definition) is 5. The van der Waals surface area contributed by atoms with Gasteiger partial charge in [-0.05, 0) is 28.5 Å². The standard InChI is InChI=1S/C10H14IN3O2/c1-5(2)7-6(11)8(12-3)14-9(13-7)10(15)16-4/h5H,1-4H3,(H,12,13,14). The molecule has 0 atom stereocenters. The number of halogens is 1. The van der Waals surface area contributed by atoms with Crippen LogP contribution in [-0.4, -0.2) is 30.1 Å². The first-order chi connectivity index (χ1) is 7.51. The number of aromatic nitrogens is 2. The molecule has 0 radical (unpaired) electrons. The summed E-state index contributed by atoms with van der Waals surface area (Å²) >= 11 is 2.17. The van der Waals surface area contributed by atoms with Crippen molar-refractivity contribution >= 4 is 34.4 Å². The van der Waals surface area contributed by atoms with E-state index < -0.39 is 5.97 Å². The van der Waals surface area contributed by atoms with Crippen LogP contribution in [0.3, 0.4) is 0 Å². The average Bonchev–Trinajstić information content (AvgIpc) is 2.27. The van der Waals surface area contributed by atoms with Crippen LogP contribution in [0.25, 0.3) is 0 Å². The minimum absolute atomic E-state index is 0.0935. The van der Waals surface area contributed by atoms with Crippen molar-refractivity contribution in [3.05, 3.63) is 15.1 Å². The molecule has 0 spiro atoms. The zero-order valence-electron chi connectivity index (χ0n) is 9.67. The van der Waals surface area contributed by atoms with Crippen molar-refractivity contribution in [2.45, 2.75) is 19.8 Å². The van der Waals surface area contributed by atoms with Gasteiger partial charge in [-0.2, -0.15) is 0 Å². The zero-order chi connectivity index (χ0) is 12.3. The SMILES string of the molecule is CNc1nc(C(=O)OC)nc(C(C)C)c1I. The largest absolute Gasteiger partial charge is 0.463 e. The molecule has 88 valence electrons. The lowest BCUT2D eigenvalue weighted by atomic mass is 10.1. The lowest BCUT2D eigenvalue weighted by Crippen LogP contribution is -2.14. The van der Waals surface area contributed by atoms with Crippen molar-refractivity contribution in [1.29, 1.82) is 0 Å². The number of anilines is 1. The summed E-state index contributed by atoms with van der Waals surface area (Å²) in [6.45, 7) is 4.04. The van der Waals surface area contributed by atoms with E-state index in [-0.39, 0.29) is 11.7 Å². The van der Waals surface area contributed by atoms with Gasteiger partial charge in [-0.1, -0.05) is 13.8 Å². The number of ether oxygens (including phenoxy) is 1. The number of hydrogen-bond donors (Lipinski definition) is 1. The van der Waals surface area contributed by atoms with E-state index in [9.17, 15) is 4.79 Å². The van der Waals surface area contributed by atoms with Crippen LogP contribution in [0.4, 0.5) is 5.82 Å². The van der Waals surface area contributed by atoms with Gasteiger partial charge in [0.2, 0.25) is 5.82 Å². The Kier molecular flexibility index (Phi) is 4.45. The van der Waals surface area contributed by atoms with Crippen molar-refractivity contribution in [1.82, 2.24) is 9.97 Å². The summed E-state index contributed by atoms with van der Waals surface area (Å²) in [5.74, 6) is 0.455. The van der Waals surface area contributed by atoms with Gasteiger partial charge in [0.05, 0.1) is 16.4 Å². The van der Waals surface area contributed by atoms with Gasteiger partial charge in [0, 0.05) is 7.05 Å². The molecule has 6 heteroatoms. The smallest absolute Gasteiger partial charge is 0.376 e. The molecule has 1 N–H and O–H groups in total. The van der Waals surface area contributed by atoms with E-state index >= 15 is 0 Å². The van der Waals surface area contributed by atoms with Crippen molar-refractivity contribution < 1.29 is 9.53 Å². The van der Waals surface area contributed by atoms with Crippen LogP contribution >= 0.6 is 22.6 Å². The first-order valence-electron chi connectivity index (χ1n) is 4.84. The number of nitrogens with zero attached hydrogens (tertiary/aromatic N) is 2. The molecule has 0 aliphatic carbocycles. The fourth-order valence-corrected chi connectivity index (χ4v) is 2.33. The third kappa shape index (κ3) is 2.60. The predicted molar refractivity (Wildman–Crippen MR) is 69.7 cm³/mol. The summed E-state index contributed by atoms with van der Waals surface area (Å²) in [7, 11) is 3.08. The maximum atomic E-state index is 11.4. The predicted octanol–water partition coefficient (Wildman–Crippen LogP) is 2.03. The van der Waals surface area contributed by atoms with Crippen LogP contribution in [0, 0.1) is 3.57 Å². The molecule has 1 heterocycles. The first-order valence-corrected chi connectivity index (χ1v) is 5.92. The molecular weight excluding hydrogens is 321 g/mol. The molecule has 1 aromatic heterocycles. The minimum Gasteiger partial charge on any atom is -0.463 e. The highest BCUT2D eigenvalue weighted by Crippen LogP contribution is 2.24. The highest BCUT2D eigenvalue weighted by molar-refractivity contribution is 14.1. The van der Waals surface area contributed by atoms with E-state index in [1.54, 1.807) is 7.05 Å². The van der Waals surface area contributed by atoms with Crippen LogP contribution < -0.4 is 5.32 Å². The second-order valence-corrected chi connectivity index (χ2v) is 4.57. The Morgan fingerprint density at radius 1 is 1.44 bits per heavy atom. The highest BCUT2D eigenvalue weighted by Gasteiger charge is 2.18. The van der Waals surface area contributed by atoms with Crippen LogP contribution in [0.2, 0.25) is 0 Å². The van der Waals surface area contributed by atoms with E-state index in [4.69, 9.17) is 0 Å². The normalized spacial score (nSPS) is 10.4. The van der Waals surface area contributed by atoms with E-state index in [0.717, 1.165) is 9.26 Å². The number of rotatable bonds is 3. The van der Waals surface area contributed by atoms with Crippen molar-refractivity contribution in [3.8, 4) is 0 Å². The molecule has 0 unspecified atom stereocenters. The molecule has 16 heavy (non-hydrogen) atoms. The van der Waals surface area contributed by atoms with Crippen LogP contribution in [0.1, 0.15) is 36.1 Å². The lowest BCUT2D eigenvalue weighted by Gasteiger charge is -2.12. The van der Waals surface area contributed by atoms with Gasteiger partial charge in [-0.15, -0.1) is 0 Å². The molecule has 0 aliphatic heterocycles. The van der Waals surface area contributed by atoms with Crippen molar-refractivity contribution in [2.24, 2.45) is 0 Å². The molecular formula is C10H14IN3O2. The van der Waals surface area contributed by atoms with E-state index in [2.05, 4.69) is 42.6 Å². The molecule has 0 fully saturated rings. The van der Waals surface area contributed by atoms with Crippen molar-refractivity contribution in [2.75, 3.05) is 19.5 Å². The molecule has 0 aromatic carbocycles. The third-order valence-electron chi connectivity index (χ3n) is 2.03. The van der Waals surface area contributed by atoms with E-state index in [1.807, 2.05) is 13.8 Å². The molecule has 0 bridgehead atoms. The number of carbonyl (C=O) groups excluding carboxylic acids is 1. The van der Waals surface area contributed by atoms with Gasteiger partial charge in [-0.25, -0.2) is 14.8 Å². The van der Waals surface area contributed by atoms with Gasteiger partial charge in [0.25, 0.3) is 0 Å². The average molecular weight is 335 g/mol. The zero-order valence-corrected chi connectivity index (χ0v) is 11.8. The van der Waals surface area contributed by atoms with Gasteiger partial charge >= 0.3 is 5.97 Å². The Bertz CT molecular complexity index is 407. The Morgan fingerprint density at radius 3 is 2.50 bits per heavy atom. The lowest BCUT2D eigenvalue weighted by molar-refractivity contribution is 0.0586. The van der Waals surface area contributed by atoms with Gasteiger partial charge in [-0.3, -0.25) is 0 Å². The van der Waals surface area contributed by atoms with Crippen LogP contribution in [0.15, 0.2) is 0 Å². The Balaban J connectivity index is 3.34. The number of nitrogens with one attached hydrogen (secondary N) is 1. The monoisotopic (exact) mass is 335 g/mol. The van der Waals surface area contributed by atoms with Crippen LogP contribution in [-0.2, 0) is 4.74 Å². The van der Waals surface area contributed by atoms with Gasteiger partial charge < -0.3 is 10.1 Å². The topological polar surface area (TPSA) is 64.1 Å². The third-order valence-corrected chi connectivity index (χ3v) is 3.09. The van der Waals surface area contributed by atoms with Crippen LogP contribution in [0.5, 0.6) is 0 Å². The fraction of sp³-hybridized carbons (Fsp3) is 0.500. The number of esters is 1. The van der Waals surface area contributed by atoms with Gasteiger partial charge in [0.1, 0.15) is 5.82 Å². The summed E-state index contributed by atoms with van der Waals surface area (Å²) in [4.78, 5) is 19.7. The second kappa shape index (κ2) is 5.42. The Labute approximate surface area is 108 Å². The molecule has 5 nitrogen and oxygen atoms in total. The highest BCUT2D eigenvalue weighted by atomic mass is 127. The molecule has 0 amide bonds. The summed E-state index contributed by atoms with van der Waals surface area (Å²) in [5, 5.41) is 2.94. The number of methoxy groups -OCH3 is 1. The maximum Gasteiger partial charge on any atom is 0.376 e. The minimum atomic E-state index is -0.519. The summed E-state index contributed by atoms with van der Waals surface area (Å²) in [6.07, 6.45) is 0. The summed E-state index contributed by atoms with van der Waals surface area (Å²) in [6, 6.07) is 0. The van der Waals surface area contributed by atoms with Gasteiger partial charge in [0.15, 0.2) is 0 Å². The van der Waals surface area contributed by atoms with E-state index in [1.165, 1.54) is 7.11 Å². The first kappa shape index (κ1) is 13.1. The Hall–Kier alpha value is -0.920. The second-order valence-electron chi connectivity index (χ2n) is 3.49. The fourth-order valence-electron chi connectivity index (χ4n) is 1.20. The molecule has 0 saturated heterocycles. The molecule has 1 rings (SSSR count). The Morgan fingerprint density at radius 2 is 2.06 bits per heavy atom. The maximum absolute atomic E-state index is 11.4. The van der Waals surface area contributed by atoms with Crippen molar-refractivity contribution in [3.63, 3.8) is 0 Å². The quantitative estimate of drug-likeness (QED) is 0.676. The molecule has 0 saturated carbocycles. The summed E-state index contributed by atoms with van der Waals surface area (Å²) in [5.41, 5.74) is 0.848.